The highest BCUT2D eigenvalue weighted by Crippen LogP contribution is 2.27. The van der Waals surface area contributed by atoms with Crippen molar-refractivity contribution in [3.63, 3.8) is 0 Å². The number of nitro benzene ring substituents is 1. The number of carbonyl (C=O) groups excluding carboxylic acids is 1. The molecule has 7 nitrogen and oxygen atoms in total. The van der Waals surface area contributed by atoms with Crippen LogP contribution >= 0.6 is 11.6 Å². The van der Waals surface area contributed by atoms with Crippen molar-refractivity contribution in [2.75, 3.05) is 5.32 Å². The molecule has 0 unspecified atom stereocenters. The molecule has 0 radical (unpaired) electrons. The highest BCUT2D eigenvalue weighted by Gasteiger charge is 2.16. The van der Waals surface area contributed by atoms with E-state index in [0.29, 0.717) is 11.3 Å². The molecule has 0 aliphatic carbocycles. The van der Waals surface area contributed by atoms with E-state index in [1.54, 1.807) is 18.7 Å². The Morgan fingerprint density at radius 3 is 2.75 bits per heavy atom. The first kappa shape index (κ1) is 14.0. The van der Waals surface area contributed by atoms with Crippen LogP contribution in [0.25, 0.3) is 0 Å². The monoisotopic (exact) mass is 294 g/mol. The van der Waals surface area contributed by atoms with Crippen LogP contribution in [-0.2, 0) is 7.05 Å². The molecule has 0 bridgehead atoms. The molecule has 2 aromatic rings. The second-order valence-electron chi connectivity index (χ2n) is 4.14. The zero-order valence-electron chi connectivity index (χ0n) is 10.8. The van der Waals surface area contributed by atoms with E-state index in [9.17, 15) is 14.9 Å². The summed E-state index contributed by atoms with van der Waals surface area (Å²) in [5.41, 5.74) is 1.11. The van der Waals surface area contributed by atoms with Gasteiger partial charge in [0.2, 0.25) is 0 Å². The third kappa shape index (κ3) is 2.62. The maximum atomic E-state index is 12.1. The van der Waals surface area contributed by atoms with Gasteiger partial charge in [-0.2, -0.15) is 5.10 Å². The summed E-state index contributed by atoms with van der Waals surface area (Å²) in [4.78, 5) is 22.2. The minimum absolute atomic E-state index is 0.146. The predicted octanol–water partition coefficient (Wildman–Crippen LogP) is 2.54. The molecule has 1 amide bonds. The number of nitrogens with one attached hydrogen (secondary N) is 1. The lowest BCUT2D eigenvalue weighted by atomic mass is 10.2. The number of amides is 1. The van der Waals surface area contributed by atoms with Crippen LogP contribution in [0.4, 0.5) is 11.4 Å². The van der Waals surface area contributed by atoms with Crippen LogP contribution in [0.3, 0.4) is 0 Å². The first-order valence-corrected chi connectivity index (χ1v) is 6.02. The summed E-state index contributed by atoms with van der Waals surface area (Å²) >= 11 is 5.92. The third-order valence-corrected chi connectivity index (χ3v) is 3.22. The van der Waals surface area contributed by atoms with Gasteiger partial charge in [0.1, 0.15) is 0 Å². The molecule has 2 rings (SSSR count). The fourth-order valence-electron chi connectivity index (χ4n) is 1.63. The lowest BCUT2D eigenvalue weighted by molar-refractivity contribution is -0.384. The Morgan fingerprint density at radius 2 is 2.20 bits per heavy atom. The minimum Gasteiger partial charge on any atom is -0.320 e. The van der Waals surface area contributed by atoms with Crippen molar-refractivity contribution < 1.29 is 9.72 Å². The number of nitro groups is 1. The van der Waals surface area contributed by atoms with E-state index < -0.39 is 10.8 Å². The first-order chi connectivity index (χ1) is 9.40. The van der Waals surface area contributed by atoms with Gasteiger partial charge in [0, 0.05) is 24.9 Å². The van der Waals surface area contributed by atoms with Crippen LogP contribution in [0, 0.1) is 17.0 Å². The molecule has 0 spiro atoms. The van der Waals surface area contributed by atoms with Crippen LogP contribution in [0.15, 0.2) is 24.4 Å². The molecule has 0 atom stereocenters. The Kier molecular flexibility index (Phi) is 3.71. The first-order valence-electron chi connectivity index (χ1n) is 5.64. The van der Waals surface area contributed by atoms with Crippen molar-refractivity contribution in [2.45, 2.75) is 6.92 Å². The predicted molar refractivity (Wildman–Crippen MR) is 74.0 cm³/mol. The number of rotatable bonds is 3. The number of anilines is 1. The van der Waals surface area contributed by atoms with E-state index in [-0.39, 0.29) is 16.4 Å². The summed E-state index contributed by atoms with van der Waals surface area (Å²) in [7, 11) is 1.71. The van der Waals surface area contributed by atoms with E-state index in [1.165, 1.54) is 24.4 Å². The molecule has 8 heteroatoms. The number of hydrogen-bond donors (Lipinski definition) is 1. The Bertz CT molecular complexity index is 696. The maximum absolute atomic E-state index is 12.1. The van der Waals surface area contributed by atoms with Crippen molar-refractivity contribution in [1.82, 2.24) is 9.78 Å². The van der Waals surface area contributed by atoms with Gasteiger partial charge in [0.15, 0.2) is 0 Å². The Labute approximate surface area is 119 Å². The number of aromatic nitrogens is 2. The molecule has 0 saturated heterocycles. The smallest absolute Gasteiger partial charge is 0.271 e. The normalized spacial score (nSPS) is 10.3. The average Bonchev–Trinajstić information content (AvgIpc) is 2.72. The summed E-state index contributed by atoms with van der Waals surface area (Å²) < 4.78 is 1.56. The number of non-ortho nitro benzene ring substituents is 1. The van der Waals surface area contributed by atoms with E-state index in [1.807, 2.05) is 0 Å². The van der Waals surface area contributed by atoms with E-state index in [0.717, 1.165) is 0 Å². The van der Waals surface area contributed by atoms with Gasteiger partial charge in [-0.15, -0.1) is 0 Å². The fourth-order valence-corrected chi connectivity index (χ4v) is 1.80. The van der Waals surface area contributed by atoms with E-state index in [2.05, 4.69) is 10.4 Å². The van der Waals surface area contributed by atoms with Gasteiger partial charge in [-0.1, -0.05) is 11.6 Å². The molecule has 0 saturated carbocycles. The van der Waals surface area contributed by atoms with Crippen molar-refractivity contribution >= 4 is 28.9 Å². The maximum Gasteiger partial charge on any atom is 0.271 e. The molecule has 20 heavy (non-hydrogen) atoms. The van der Waals surface area contributed by atoms with Crippen LogP contribution in [0.5, 0.6) is 0 Å². The fraction of sp³-hybridized carbons (Fsp3) is 0.167. The molecule has 1 heterocycles. The average molecular weight is 295 g/mol. The van der Waals surface area contributed by atoms with Crippen molar-refractivity contribution in [3.05, 3.63) is 50.8 Å². The molecule has 1 aromatic heterocycles. The number of benzene rings is 1. The zero-order valence-corrected chi connectivity index (χ0v) is 11.5. The lowest BCUT2D eigenvalue weighted by Gasteiger charge is -2.06. The number of nitrogens with zero attached hydrogens (tertiary/aromatic N) is 3. The largest absolute Gasteiger partial charge is 0.320 e. The molecule has 0 aliphatic heterocycles. The van der Waals surface area contributed by atoms with Gasteiger partial charge in [-0.25, -0.2) is 0 Å². The van der Waals surface area contributed by atoms with Crippen LogP contribution in [-0.4, -0.2) is 20.6 Å². The van der Waals surface area contributed by atoms with Gasteiger partial charge in [-0.05, 0) is 13.0 Å². The molecular weight excluding hydrogens is 284 g/mol. The van der Waals surface area contributed by atoms with E-state index >= 15 is 0 Å². The summed E-state index contributed by atoms with van der Waals surface area (Å²) in [5.74, 6) is -0.419. The Morgan fingerprint density at radius 1 is 1.50 bits per heavy atom. The second kappa shape index (κ2) is 5.30. The van der Waals surface area contributed by atoms with Crippen molar-refractivity contribution in [3.8, 4) is 0 Å². The quantitative estimate of drug-likeness (QED) is 0.695. The summed E-state index contributed by atoms with van der Waals surface area (Å²) in [6.45, 7) is 1.75. The zero-order chi connectivity index (χ0) is 14.9. The highest BCUT2D eigenvalue weighted by molar-refractivity contribution is 6.34. The summed E-state index contributed by atoms with van der Waals surface area (Å²) in [6.07, 6.45) is 1.43. The summed E-state index contributed by atoms with van der Waals surface area (Å²) in [6, 6.07) is 3.85. The molecule has 0 aliphatic rings. The lowest BCUT2D eigenvalue weighted by Crippen LogP contribution is -2.13. The van der Waals surface area contributed by atoms with Crippen LogP contribution in [0.1, 0.15) is 16.1 Å². The number of hydrogen-bond acceptors (Lipinski definition) is 4. The molecule has 104 valence electrons. The third-order valence-electron chi connectivity index (χ3n) is 2.89. The van der Waals surface area contributed by atoms with Gasteiger partial charge in [0.25, 0.3) is 11.6 Å². The highest BCUT2D eigenvalue weighted by atomic mass is 35.5. The van der Waals surface area contributed by atoms with Crippen molar-refractivity contribution in [2.24, 2.45) is 7.05 Å². The molecule has 1 N–H and O–H groups in total. The van der Waals surface area contributed by atoms with E-state index in [4.69, 9.17) is 11.6 Å². The summed E-state index contributed by atoms with van der Waals surface area (Å²) in [5, 5.41) is 17.5. The second-order valence-corrected chi connectivity index (χ2v) is 4.55. The minimum atomic E-state index is -0.554. The molecular formula is C12H11ClN4O3. The van der Waals surface area contributed by atoms with Gasteiger partial charge in [0.05, 0.1) is 27.4 Å². The molecule has 0 fully saturated rings. The SMILES string of the molecule is Cc1c(C(=O)Nc2cc([N+](=O)[O-])ccc2Cl)cnn1C. The topological polar surface area (TPSA) is 90.1 Å². The van der Waals surface area contributed by atoms with Crippen LogP contribution in [0.2, 0.25) is 5.02 Å². The van der Waals surface area contributed by atoms with Gasteiger partial charge in [-0.3, -0.25) is 19.6 Å². The van der Waals surface area contributed by atoms with Crippen LogP contribution < -0.4 is 5.32 Å². The van der Waals surface area contributed by atoms with Gasteiger partial charge < -0.3 is 5.32 Å². The number of aryl methyl sites for hydroxylation is 1. The standard InChI is InChI=1S/C12H11ClN4O3/c1-7-9(6-14-16(7)2)12(18)15-11-5-8(17(19)20)3-4-10(11)13/h3-6H,1-2H3,(H,15,18). The Hall–Kier alpha value is -2.41. The van der Waals surface area contributed by atoms with Gasteiger partial charge >= 0.3 is 0 Å². The Balaban J connectivity index is 2.30. The molecule has 1 aromatic carbocycles. The number of carbonyl (C=O) groups is 1. The van der Waals surface area contributed by atoms with Crippen molar-refractivity contribution in [1.29, 1.82) is 0 Å². The number of halogens is 1.